The fraction of sp³-hybridized carbons (Fsp3) is 0.455. The molecule has 1 aromatic carbocycles. The first kappa shape index (κ1) is 22.3. The Hall–Kier alpha value is -2.35. The van der Waals surface area contributed by atoms with Gasteiger partial charge in [-0.15, -0.1) is 11.3 Å². The highest BCUT2D eigenvalue weighted by Crippen LogP contribution is 2.44. The molecule has 1 aliphatic rings. The van der Waals surface area contributed by atoms with Crippen molar-refractivity contribution in [2.75, 3.05) is 10.6 Å². The highest BCUT2D eigenvalue weighted by atomic mass is 32.1. The lowest BCUT2D eigenvalue weighted by atomic mass is 9.72. The van der Waals surface area contributed by atoms with E-state index in [4.69, 9.17) is 0 Å². The van der Waals surface area contributed by atoms with Crippen LogP contribution < -0.4 is 10.6 Å². The lowest BCUT2D eigenvalue weighted by Gasteiger charge is -2.33. The molecule has 0 fully saturated rings. The van der Waals surface area contributed by atoms with Gasteiger partial charge in [-0.05, 0) is 55.2 Å². The second kappa shape index (κ2) is 8.06. The number of alkyl halides is 3. The third-order valence-electron chi connectivity index (χ3n) is 5.51. The fourth-order valence-electron chi connectivity index (χ4n) is 3.66. The Morgan fingerprint density at radius 2 is 1.70 bits per heavy atom. The molecule has 0 saturated carbocycles. The zero-order valence-electron chi connectivity index (χ0n) is 17.4. The van der Waals surface area contributed by atoms with Gasteiger partial charge in [-0.2, -0.15) is 13.2 Å². The summed E-state index contributed by atoms with van der Waals surface area (Å²) < 4.78 is 38.5. The number of carbonyl (C=O) groups is 2. The van der Waals surface area contributed by atoms with Gasteiger partial charge in [0, 0.05) is 10.6 Å². The van der Waals surface area contributed by atoms with Gasteiger partial charge in [-0.25, -0.2) is 0 Å². The number of benzene rings is 1. The Kier molecular flexibility index (Phi) is 6.00. The average molecular weight is 439 g/mol. The molecule has 0 saturated heterocycles. The van der Waals surface area contributed by atoms with Gasteiger partial charge in [-0.1, -0.05) is 38.5 Å². The molecule has 1 aromatic heterocycles. The fourth-order valence-corrected chi connectivity index (χ4v) is 4.98. The van der Waals surface area contributed by atoms with E-state index >= 15 is 0 Å². The zero-order chi connectivity index (χ0) is 22.3. The van der Waals surface area contributed by atoms with Gasteiger partial charge in [0.1, 0.15) is 5.00 Å². The van der Waals surface area contributed by atoms with Crippen molar-refractivity contribution in [3.8, 4) is 0 Å². The molecule has 1 aliphatic carbocycles. The highest BCUT2D eigenvalue weighted by molar-refractivity contribution is 7.17. The van der Waals surface area contributed by atoms with Crippen molar-refractivity contribution in [2.24, 2.45) is 11.3 Å². The van der Waals surface area contributed by atoms with Crippen LogP contribution in [0, 0.1) is 18.3 Å². The molecule has 2 amide bonds. The van der Waals surface area contributed by atoms with E-state index in [0.717, 1.165) is 33.8 Å². The summed E-state index contributed by atoms with van der Waals surface area (Å²) in [7, 11) is 0. The van der Waals surface area contributed by atoms with E-state index in [1.54, 1.807) is 12.1 Å². The molecule has 1 heterocycles. The Morgan fingerprint density at radius 1 is 1.07 bits per heavy atom. The standard InChI is InChI=1S/C22H25F3N2O2S/c1-12-5-8-14(9-6-12)26-18(28)17-15-10-7-13(21(2,3)4)11-16(15)30-19(17)27-20(29)22(23,24)25/h5-6,8-9,13H,7,10-11H2,1-4H3,(H,26,28)(H,27,29)/t13-/m0/s1. The number of hydrogen-bond acceptors (Lipinski definition) is 3. The van der Waals surface area contributed by atoms with Crippen LogP contribution in [0.3, 0.4) is 0 Å². The van der Waals surface area contributed by atoms with E-state index in [1.165, 1.54) is 0 Å². The van der Waals surface area contributed by atoms with Gasteiger partial charge in [0.15, 0.2) is 0 Å². The maximum Gasteiger partial charge on any atom is 0.471 e. The predicted octanol–water partition coefficient (Wildman–Crippen LogP) is 5.96. The molecule has 0 bridgehead atoms. The lowest BCUT2D eigenvalue weighted by molar-refractivity contribution is -0.167. The summed E-state index contributed by atoms with van der Waals surface area (Å²) >= 11 is 1.07. The van der Waals surface area contributed by atoms with Crippen LogP contribution in [0.25, 0.3) is 0 Å². The molecule has 0 spiro atoms. The third-order valence-corrected chi connectivity index (χ3v) is 6.68. The number of anilines is 2. The first-order chi connectivity index (χ1) is 13.9. The molecule has 0 unspecified atom stereocenters. The van der Waals surface area contributed by atoms with Gasteiger partial charge >= 0.3 is 12.1 Å². The van der Waals surface area contributed by atoms with E-state index in [0.29, 0.717) is 24.4 Å². The van der Waals surface area contributed by atoms with Crippen molar-refractivity contribution >= 4 is 33.8 Å². The van der Waals surface area contributed by atoms with E-state index in [9.17, 15) is 22.8 Å². The van der Waals surface area contributed by atoms with Crippen LogP contribution in [0.5, 0.6) is 0 Å². The van der Waals surface area contributed by atoms with Gasteiger partial charge in [0.2, 0.25) is 0 Å². The van der Waals surface area contributed by atoms with Crippen LogP contribution >= 0.6 is 11.3 Å². The SMILES string of the molecule is Cc1ccc(NC(=O)c2c(NC(=O)C(F)(F)F)sc3c2CC[C@H](C(C)(C)C)C3)cc1. The van der Waals surface area contributed by atoms with Crippen molar-refractivity contribution in [1.82, 2.24) is 0 Å². The van der Waals surface area contributed by atoms with Crippen LogP contribution in [0.2, 0.25) is 0 Å². The first-order valence-corrected chi connectivity index (χ1v) is 10.6. The molecule has 3 rings (SSSR count). The topological polar surface area (TPSA) is 58.2 Å². The molecule has 0 aliphatic heterocycles. The number of fused-ring (bicyclic) bond motifs is 1. The Labute approximate surface area is 177 Å². The highest BCUT2D eigenvalue weighted by Gasteiger charge is 2.41. The number of hydrogen-bond donors (Lipinski definition) is 2. The molecule has 8 heteroatoms. The number of nitrogens with one attached hydrogen (secondary N) is 2. The molecular formula is C22H25F3N2O2S. The lowest BCUT2D eigenvalue weighted by Crippen LogP contribution is -2.30. The van der Waals surface area contributed by atoms with E-state index in [-0.39, 0.29) is 16.0 Å². The van der Waals surface area contributed by atoms with Gasteiger partial charge in [-0.3, -0.25) is 9.59 Å². The maximum atomic E-state index is 13.0. The van der Waals surface area contributed by atoms with E-state index in [2.05, 4.69) is 26.1 Å². The average Bonchev–Trinajstić information content (AvgIpc) is 2.99. The molecule has 2 aromatic rings. The second-order valence-corrected chi connectivity index (χ2v) is 9.89. The summed E-state index contributed by atoms with van der Waals surface area (Å²) in [5.74, 6) is -2.23. The smallest absolute Gasteiger partial charge is 0.322 e. The number of thiophene rings is 1. The molecule has 2 N–H and O–H groups in total. The minimum atomic E-state index is -5.02. The Morgan fingerprint density at radius 3 is 2.27 bits per heavy atom. The number of rotatable bonds is 3. The van der Waals surface area contributed by atoms with Crippen LogP contribution in [-0.4, -0.2) is 18.0 Å². The quantitative estimate of drug-likeness (QED) is 0.621. The minimum absolute atomic E-state index is 0.0403. The summed E-state index contributed by atoms with van der Waals surface area (Å²) in [4.78, 5) is 25.5. The minimum Gasteiger partial charge on any atom is -0.322 e. The number of amides is 2. The Bertz CT molecular complexity index is 956. The van der Waals surface area contributed by atoms with Gasteiger partial charge in [0.25, 0.3) is 5.91 Å². The van der Waals surface area contributed by atoms with Gasteiger partial charge in [0.05, 0.1) is 5.56 Å². The Balaban J connectivity index is 1.97. The maximum absolute atomic E-state index is 13.0. The first-order valence-electron chi connectivity index (χ1n) is 9.77. The van der Waals surface area contributed by atoms with Crippen LogP contribution in [0.4, 0.5) is 23.9 Å². The number of halogens is 3. The second-order valence-electron chi connectivity index (χ2n) is 8.79. The summed E-state index contributed by atoms with van der Waals surface area (Å²) in [5, 5.41) is 4.64. The molecule has 1 atom stereocenters. The zero-order valence-corrected chi connectivity index (χ0v) is 18.2. The van der Waals surface area contributed by atoms with Gasteiger partial charge < -0.3 is 10.6 Å². The van der Waals surface area contributed by atoms with Crippen molar-refractivity contribution in [1.29, 1.82) is 0 Å². The van der Waals surface area contributed by atoms with Crippen molar-refractivity contribution in [3.63, 3.8) is 0 Å². The predicted molar refractivity (Wildman–Crippen MR) is 113 cm³/mol. The normalized spacial score (nSPS) is 16.7. The van der Waals surface area contributed by atoms with E-state index < -0.39 is 18.0 Å². The third kappa shape index (κ3) is 4.86. The number of carbonyl (C=O) groups excluding carboxylic acids is 2. The van der Waals surface area contributed by atoms with Crippen LogP contribution in [-0.2, 0) is 17.6 Å². The largest absolute Gasteiger partial charge is 0.471 e. The van der Waals surface area contributed by atoms with E-state index in [1.807, 2.05) is 24.4 Å². The van der Waals surface area contributed by atoms with Crippen LogP contribution in [0.1, 0.15) is 53.6 Å². The summed E-state index contributed by atoms with van der Waals surface area (Å²) in [6, 6.07) is 7.13. The summed E-state index contributed by atoms with van der Waals surface area (Å²) in [6.45, 7) is 8.31. The molecule has 4 nitrogen and oxygen atoms in total. The molecule has 30 heavy (non-hydrogen) atoms. The molecule has 0 radical (unpaired) electrons. The van der Waals surface area contributed by atoms with Crippen molar-refractivity contribution in [2.45, 2.75) is 53.1 Å². The summed E-state index contributed by atoms with van der Waals surface area (Å²) in [5.41, 5.74) is 2.49. The van der Waals surface area contributed by atoms with Crippen molar-refractivity contribution < 1.29 is 22.8 Å². The molecule has 162 valence electrons. The van der Waals surface area contributed by atoms with Crippen molar-refractivity contribution in [3.05, 3.63) is 45.8 Å². The number of aryl methyl sites for hydroxylation is 1. The molecular weight excluding hydrogens is 413 g/mol. The summed E-state index contributed by atoms with van der Waals surface area (Å²) in [6.07, 6.45) is -2.92. The monoisotopic (exact) mass is 438 g/mol. The van der Waals surface area contributed by atoms with Crippen LogP contribution in [0.15, 0.2) is 24.3 Å².